The van der Waals surface area contributed by atoms with Crippen LogP contribution >= 0.6 is 0 Å². The summed E-state index contributed by atoms with van der Waals surface area (Å²) in [7, 11) is 1.62. The van der Waals surface area contributed by atoms with E-state index in [4.69, 9.17) is 9.47 Å². The molecule has 8 nitrogen and oxygen atoms in total. The van der Waals surface area contributed by atoms with Gasteiger partial charge in [0.05, 0.1) is 11.5 Å². The highest BCUT2D eigenvalue weighted by Crippen LogP contribution is 2.27. The van der Waals surface area contributed by atoms with Crippen LogP contribution in [0, 0.1) is 10.1 Å². The third kappa shape index (κ3) is 5.53. The van der Waals surface area contributed by atoms with E-state index < -0.39 is 4.92 Å². The second-order valence-electron chi connectivity index (χ2n) is 5.72. The van der Waals surface area contributed by atoms with Crippen LogP contribution < -0.4 is 9.47 Å². The number of benzene rings is 2. The molecule has 0 saturated carbocycles. The number of ether oxygens (including phenoxy) is 2. The van der Waals surface area contributed by atoms with E-state index in [0.29, 0.717) is 19.4 Å². The van der Waals surface area contributed by atoms with Gasteiger partial charge in [-0.2, -0.15) is 0 Å². The molecular formula is C19H20N2O6. The number of amides is 1. The third-order valence-electron chi connectivity index (χ3n) is 3.75. The first-order valence-corrected chi connectivity index (χ1v) is 8.26. The number of likely N-dealkylation sites (N-methyl/N-ethyl adjacent to an activating group) is 1. The van der Waals surface area contributed by atoms with E-state index in [1.165, 1.54) is 17.0 Å². The van der Waals surface area contributed by atoms with Crippen LogP contribution in [-0.2, 0) is 11.3 Å². The molecule has 0 bridgehead atoms. The van der Waals surface area contributed by atoms with Crippen molar-refractivity contribution in [2.75, 3.05) is 20.3 Å². The summed E-state index contributed by atoms with van der Waals surface area (Å²) in [6, 6.07) is 11.2. The average molecular weight is 372 g/mol. The maximum absolute atomic E-state index is 12.2. The van der Waals surface area contributed by atoms with Crippen molar-refractivity contribution in [1.82, 2.24) is 4.90 Å². The number of hydrogen-bond donors (Lipinski definition) is 0. The molecule has 1 amide bonds. The Bertz CT molecular complexity index is 819. The van der Waals surface area contributed by atoms with Gasteiger partial charge in [0, 0.05) is 25.2 Å². The molecule has 0 aliphatic rings. The van der Waals surface area contributed by atoms with Gasteiger partial charge in [0.1, 0.15) is 12.0 Å². The first-order chi connectivity index (χ1) is 12.9. The smallest absolute Gasteiger partial charge is 0.311 e. The van der Waals surface area contributed by atoms with Crippen LogP contribution in [0.5, 0.6) is 11.5 Å². The summed E-state index contributed by atoms with van der Waals surface area (Å²) in [6.45, 7) is 2.49. The molecule has 0 N–H and O–H groups in total. The maximum atomic E-state index is 12.2. The van der Waals surface area contributed by atoms with Gasteiger partial charge in [-0.3, -0.25) is 19.7 Å². The molecule has 0 saturated heterocycles. The van der Waals surface area contributed by atoms with Crippen LogP contribution in [-0.4, -0.2) is 42.3 Å². The summed E-state index contributed by atoms with van der Waals surface area (Å²) in [5.74, 6) is 0.357. The number of aldehydes is 1. The first-order valence-electron chi connectivity index (χ1n) is 8.26. The van der Waals surface area contributed by atoms with Crippen LogP contribution in [0.3, 0.4) is 0 Å². The van der Waals surface area contributed by atoms with E-state index in [2.05, 4.69) is 0 Å². The molecule has 27 heavy (non-hydrogen) atoms. The predicted molar refractivity (Wildman–Crippen MR) is 98.1 cm³/mol. The molecule has 2 aromatic carbocycles. The summed E-state index contributed by atoms with van der Waals surface area (Å²) in [4.78, 5) is 34.9. The monoisotopic (exact) mass is 372 g/mol. The molecule has 0 aromatic heterocycles. The van der Waals surface area contributed by atoms with Crippen molar-refractivity contribution in [3.8, 4) is 11.5 Å². The highest BCUT2D eigenvalue weighted by Gasteiger charge is 2.18. The summed E-state index contributed by atoms with van der Waals surface area (Å²) in [5.41, 5.74) is 0.713. The van der Waals surface area contributed by atoms with E-state index in [1.807, 2.05) is 31.2 Å². The minimum absolute atomic E-state index is 0.0617. The van der Waals surface area contributed by atoms with Gasteiger partial charge in [0.2, 0.25) is 0 Å². The summed E-state index contributed by atoms with van der Waals surface area (Å²) >= 11 is 0. The lowest BCUT2D eigenvalue weighted by molar-refractivity contribution is -0.385. The van der Waals surface area contributed by atoms with Gasteiger partial charge >= 0.3 is 5.69 Å². The molecule has 0 atom stereocenters. The zero-order chi connectivity index (χ0) is 19.8. The Hall–Kier alpha value is -3.42. The van der Waals surface area contributed by atoms with Gasteiger partial charge in [0.15, 0.2) is 12.4 Å². The Morgan fingerprint density at radius 3 is 2.48 bits per heavy atom. The molecule has 0 unspecified atom stereocenters. The van der Waals surface area contributed by atoms with Gasteiger partial charge < -0.3 is 14.4 Å². The second-order valence-corrected chi connectivity index (χ2v) is 5.72. The van der Waals surface area contributed by atoms with Crippen LogP contribution in [0.4, 0.5) is 5.69 Å². The number of carbonyl (C=O) groups excluding carboxylic acids is 2. The van der Waals surface area contributed by atoms with Crippen molar-refractivity contribution < 1.29 is 24.0 Å². The molecule has 142 valence electrons. The molecule has 0 aliphatic carbocycles. The summed E-state index contributed by atoms with van der Waals surface area (Å²) in [6.07, 6.45) is 0.506. The lowest BCUT2D eigenvalue weighted by atomic mass is 10.2. The third-order valence-corrected chi connectivity index (χ3v) is 3.75. The standard InChI is InChI=1S/C19H20N2O6/c1-3-26-16-7-4-14(5-8-16)11-20(2)19(23)13-27-18-9-6-15(12-22)10-17(18)21(24)25/h4-10,12H,3,11,13H2,1-2H3. The van der Waals surface area contributed by atoms with Crippen LogP contribution in [0.1, 0.15) is 22.8 Å². The highest BCUT2D eigenvalue weighted by molar-refractivity contribution is 5.79. The summed E-state index contributed by atoms with van der Waals surface area (Å²) < 4.78 is 10.7. The number of carbonyl (C=O) groups is 2. The Morgan fingerprint density at radius 1 is 1.19 bits per heavy atom. The SMILES string of the molecule is CCOc1ccc(CN(C)C(=O)COc2ccc(C=O)cc2[N+](=O)[O-])cc1. The Morgan fingerprint density at radius 2 is 1.89 bits per heavy atom. The lowest BCUT2D eigenvalue weighted by Gasteiger charge is -2.18. The molecule has 0 radical (unpaired) electrons. The first kappa shape index (κ1) is 19.9. The van der Waals surface area contributed by atoms with Crippen molar-refractivity contribution >= 4 is 17.9 Å². The number of nitro benzene ring substituents is 1. The van der Waals surface area contributed by atoms with Crippen molar-refractivity contribution in [3.05, 3.63) is 63.7 Å². The lowest BCUT2D eigenvalue weighted by Crippen LogP contribution is -2.31. The van der Waals surface area contributed by atoms with E-state index in [9.17, 15) is 19.7 Å². The molecule has 8 heteroatoms. The topological polar surface area (TPSA) is 99.0 Å². The normalized spacial score (nSPS) is 10.1. The molecule has 0 spiro atoms. The van der Waals surface area contributed by atoms with Crippen molar-refractivity contribution in [3.63, 3.8) is 0 Å². The molecule has 0 fully saturated rings. The largest absolute Gasteiger partial charge is 0.494 e. The van der Waals surface area contributed by atoms with Gasteiger partial charge in [-0.15, -0.1) is 0 Å². The quantitative estimate of drug-likeness (QED) is 0.381. The van der Waals surface area contributed by atoms with Crippen LogP contribution in [0.2, 0.25) is 0 Å². The Balaban J connectivity index is 1.96. The average Bonchev–Trinajstić information content (AvgIpc) is 2.67. The fraction of sp³-hybridized carbons (Fsp3) is 0.263. The maximum Gasteiger partial charge on any atom is 0.311 e. The van der Waals surface area contributed by atoms with Gasteiger partial charge in [-0.25, -0.2) is 0 Å². The Kier molecular flexibility index (Phi) is 6.87. The van der Waals surface area contributed by atoms with Crippen LogP contribution in [0.25, 0.3) is 0 Å². The van der Waals surface area contributed by atoms with Crippen molar-refractivity contribution in [2.24, 2.45) is 0 Å². The van der Waals surface area contributed by atoms with Gasteiger partial charge in [-0.05, 0) is 36.8 Å². The summed E-state index contributed by atoms with van der Waals surface area (Å²) in [5, 5.41) is 11.1. The van der Waals surface area contributed by atoms with E-state index in [1.54, 1.807) is 7.05 Å². The van der Waals surface area contributed by atoms with Gasteiger partial charge in [0.25, 0.3) is 5.91 Å². The number of nitro groups is 1. The van der Waals surface area contributed by atoms with E-state index >= 15 is 0 Å². The van der Waals surface area contributed by atoms with Gasteiger partial charge in [-0.1, -0.05) is 12.1 Å². The number of hydrogen-bond acceptors (Lipinski definition) is 6. The fourth-order valence-electron chi connectivity index (χ4n) is 2.34. The molecule has 2 rings (SSSR count). The minimum Gasteiger partial charge on any atom is -0.494 e. The molecule has 0 heterocycles. The fourth-order valence-corrected chi connectivity index (χ4v) is 2.34. The zero-order valence-electron chi connectivity index (χ0n) is 15.1. The molecule has 0 aliphatic heterocycles. The molecule has 2 aromatic rings. The number of nitrogens with zero attached hydrogens (tertiary/aromatic N) is 2. The second kappa shape index (κ2) is 9.33. The highest BCUT2D eigenvalue weighted by atomic mass is 16.6. The predicted octanol–water partition coefficient (Wildman–Crippen LogP) is 2.84. The van der Waals surface area contributed by atoms with E-state index in [-0.39, 0.29) is 29.5 Å². The minimum atomic E-state index is -0.656. The van der Waals surface area contributed by atoms with Crippen molar-refractivity contribution in [1.29, 1.82) is 0 Å². The molecular weight excluding hydrogens is 352 g/mol. The van der Waals surface area contributed by atoms with Crippen molar-refractivity contribution in [2.45, 2.75) is 13.5 Å². The Labute approximate surface area is 156 Å². The van der Waals surface area contributed by atoms with E-state index in [0.717, 1.165) is 17.4 Å². The van der Waals surface area contributed by atoms with Crippen LogP contribution in [0.15, 0.2) is 42.5 Å². The number of rotatable bonds is 9. The zero-order valence-corrected chi connectivity index (χ0v) is 15.1.